The van der Waals surface area contributed by atoms with E-state index in [1.165, 1.54) is 0 Å². The van der Waals surface area contributed by atoms with E-state index in [0.717, 1.165) is 44.9 Å². The van der Waals surface area contributed by atoms with Gasteiger partial charge in [0.1, 0.15) is 0 Å². The van der Waals surface area contributed by atoms with Crippen LogP contribution in [0.1, 0.15) is 51.4 Å². The molecule has 2 rings (SSSR count). The lowest BCUT2D eigenvalue weighted by atomic mass is 9.74. The van der Waals surface area contributed by atoms with E-state index in [2.05, 4.69) is 5.32 Å². The molecule has 4 heteroatoms. The zero-order valence-corrected chi connectivity index (χ0v) is 9.50. The van der Waals surface area contributed by atoms with E-state index in [1.54, 1.807) is 0 Å². The van der Waals surface area contributed by atoms with Gasteiger partial charge in [-0.05, 0) is 32.1 Å². The predicted octanol–water partition coefficient (Wildman–Crippen LogP) is 1.69. The van der Waals surface area contributed by atoms with E-state index in [0.29, 0.717) is 0 Å². The molecule has 16 heavy (non-hydrogen) atoms. The molecular weight excluding hydrogens is 206 g/mol. The highest BCUT2D eigenvalue weighted by molar-refractivity contribution is 5.81. The Labute approximate surface area is 95.4 Å². The van der Waals surface area contributed by atoms with Gasteiger partial charge in [-0.2, -0.15) is 0 Å². The third-order valence-corrected chi connectivity index (χ3v) is 3.91. The molecule has 0 spiro atoms. The number of carbonyl (C=O) groups is 2. The SMILES string of the molecule is O=C(O)CC1(NC(=O)C2CCCC2)CCC1. The maximum Gasteiger partial charge on any atom is 0.305 e. The van der Waals surface area contributed by atoms with Crippen molar-refractivity contribution in [3.8, 4) is 0 Å². The number of carboxylic acid groups (broad SMARTS) is 1. The molecule has 0 unspecified atom stereocenters. The van der Waals surface area contributed by atoms with Crippen molar-refractivity contribution >= 4 is 11.9 Å². The van der Waals surface area contributed by atoms with E-state index >= 15 is 0 Å². The second kappa shape index (κ2) is 4.44. The Morgan fingerprint density at radius 2 is 1.81 bits per heavy atom. The molecule has 0 saturated heterocycles. The molecule has 2 fully saturated rings. The fourth-order valence-corrected chi connectivity index (χ4v) is 2.79. The average molecular weight is 225 g/mol. The van der Waals surface area contributed by atoms with Crippen LogP contribution in [0, 0.1) is 5.92 Å². The van der Waals surface area contributed by atoms with Crippen LogP contribution < -0.4 is 5.32 Å². The highest BCUT2D eigenvalue weighted by atomic mass is 16.4. The molecular formula is C12H19NO3. The van der Waals surface area contributed by atoms with Crippen molar-refractivity contribution in [3.05, 3.63) is 0 Å². The zero-order chi connectivity index (χ0) is 11.6. The molecule has 0 bridgehead atoms. The van der Waals surface area contributed by atoms with Gasteiger partial charge in [0.05, 0.1) is 12.0 Å². The molecule has 4 nitrogen and oxygen atoms in total. The highest BCUT2D eigenvalue weighted by Gasteiger charge is 2.41. The van der Waals surface area contributed by atoms with Crippen molar-refractivity contribution in [1.82, 2.24) is 5.32 Å². The Kier molecular flexibility index (Phi) is 3.17. The molecule has 0 aromatic carbocycles. The van der Waals surface area contributed by atoms with E-state index in [4.69, 9.17) is 5.11 Å². The van der Waals surface area contributed by atoms with E-state index in [1.807, 2.05) is 0 Å². The first kappa shape index (κ1) is 11.4. The maximum atomic E-state index is 11.9. The molecule has 90 valence electrons. The largest absolute Gasteiger partial charge is 0.481 e. The Hall–Kier alpha value is -1.06. The van der Waals surface area contributed by atoms with Gasteiger partial charge in [-0.1, -0.05) is 12.8 Å². The number of rotatable bonds is 4. The molecule has 2 N–H and O–H groups in total. The summed E-state index contributed by atoms with van der Waals surface area (Å²) in [4.78, 5) is 22.7. The van der Waals surface area contributed by atoms with Gasteiger partial charge < -0.3 is 10.4 Å². The van der Waals surface area contributed by atoms with Gasteiger partial charge in [0.2, 0.25) is 5.91 Å². The third kappa shape index (κ3) is 2.36. The maximum absolute atomic E-state index is 11.9. The van der Waals surface area contributed by atoms with Crippen molar-refractivity contribution in [2.75, 3.05) is 0 Å². The number of hydrogen-bond acceptors (Lipinski definition) is 2. The number of carbonyl (C=O) groups excluding carboxylic acids is 1. The highest BCUT2D eigenvalue weighted by Crippen LogP contribution is 2.36. The molecule has 2 aliphatic rings. The first-order chi connectivity index (χ1) is 7.61. The fourth-order valence-electron chi connectivity index (χ4n) is 2.79. The Bertz CT molecular complexity index is 291. The van der Waals surface area contributed by atoms with Crippen LogP contribution in [0.2, 0.25) is 0 Å². The summed E-state index contributed by atoms with van der Waals surface area (Å²) >= 11 is 0. The number of amides is 1. The van der Waals surface area contributed by atoms with E-state index in [-0.39, 0.29) is 18.2 Å². The summed E-state index contributed by atoms with van der Waals surface area (Å²) in [5.74, 6) is -0.601. The van der Waals surface area contributed by atoms with Crippen LogP contribution in [0.25, 0.3) is 0 Å². The summed E-state index contributed by atoms with van der Waals surface area (Å²) in [5.41, 5.74) is -0.425. The number of hydrogen-bond donors (Lipinski definition) is 2. The van der Waals surface area contributed by atoms with Crippen LogP contribution in [-0.2, 0) is 9.59 Å². The Balaban J connectivity index is 1.90. The molecule has 0 aliphatic heterocycles. The standard InChI is InChI=1S/C12H19NO3/c14-10(15)8-12(6-3-7-12)13-11(16)9-4-1-2-5-9/h9H,1-8H2,(H,13,16)(H,14,15). The lowest BCUT2D eigenvalue weighted by molar-refractivity contribution is -0.140. The van der Waals surface area contributed by atoms with Crippen LogP contribution >= 0.6 is 0 Å². The topological polar surface area (TPSA) is 66.4 Å². The Morgan fingerprint density at radius 3 is 2.25 bits per heavy atom. The van der Waals surface area contributed by atoms with Crippen LogP contribution in [0.3, 0.4) is 0 Å². The van der Waals surface area contributed by atoms with E-state index in [9.17, 15) is 9.59 Å². The molecule has 0 aromatic heterocycles. The molecule has 1 amide bonds. The predicted molar refractivity (Wildman–Crippen MR) is 58.9 cm³/mol. The summed E-state index contributed by atoms with van der Waals surface area (Å²) in [5, 5.41) is 11.8. The van der Waals surface area contributed by atoms with Crippen molar-refractivity contribution in [2.45, 2.75) is 56.9 Å². The van der Waals surface area contributed by atoms with Crippen LogP contribution in [0.15, 0.2) is 0 Å². The molecule has 2 saturated carbocycles. The quantitative estimate of drug-likeness (QED) is 0.765. The van der Waals surface area contributed by atoms with Gasteiger partial charge in [0, 0.05) is 5.92 Å². The van der Waals surface area contributed by atoms with Crippen molar-refractivity contribution in [3.63, 3.8) is 0 Å². The average Bonchev–Trinajstić information content (AvgIpc) is 2.66. The van der Waals surface area contributed by atoms with Gasteiger partial charge in [-0.25, -0.2) is 0 Å². The molecule has 0 heterocycles. The third-order valence-electron chi connectivity index (χ3n) is 3.91. The number of carboxylic acids is 1. The lowest BCUT2D eigenvalue weighted by Crippen LogP contribution is -2.55. The second-order valence-electron chi connectivity index (χ2n) is 5.18. The van der Waals surface area contributed by atoms with Gasteiger partial charge >= 0.3 is 5.97 Å². The van der Waals surface area contributed by atoms with Gasteiger partial charge in [-0.3, -0.25) is 9.59 Å². The first-order valence-corrected chi connectivity index (χ1v) is 6.15. The molecule has 2 aliphatic carbocycles. The van der Waals surface area contributed by atoms with Crippen molar-refractivity contribution < 1.29 is 14.7 Å². The van der Waals surface area contributed by atoms with Gasteiger partial charge in [0.15, 0.2) is 0 Å². The summed E-state index contributed by atoms with van der Waals surface area (Å²) in [6, 6.07) is 0. The van der Waals surface area contributed by atoms with Crippen LogP contribution in [0.5, 0.6) is 0 Å². The molecule has 0 atom stereocenters. The Morgan fingerprint density at radius 1 is 1.19 bits per heavy atom. The molecule has 0 aromatic rings. The minimum atomic E-state index is -0.813. The number of nitrogens with one attached hydrogen (secondary N) is 1. The minimum Gasteiger partial charge on any atom is -0.481 e. The summed E-state index contributed by atoms with van der Waals surface area (Å²) in [6.07, 6.45) is 6.93. The normalized spacial score (nSPS) is 23.8. The number of aliphatic carboxylic acids is 1. The summed E-state index contributed by atoms with van der Waals surface area (Å²) < 4.78 is 0. The molecule has 0 radical (unpaired) electrons. The van der Waals surface area contributed by atoms with Crippen LogP contribution in [0.4, 0.5) is 0 Å². The van der Waals surface area contributed by atoms with Crippen LogP contribution in [-0.4, -0.2) is 22.5 Å². The monoisotopic (exact) mass is 225 g/mol. The zero-order valence-electron chi connectivity index (χ0n) is 9.50. The van der Waals surface area contributed by atoms with Gasteiger partial charge in [-0.15, -0.1) is 0 Å². The second-order valence-corrected chi connectivity index (χ2v) is 5.18. The minimum absolute atomic E-state index is 0.0749. The van der Waals surface area contributed by atoms with E-state index < -0.39 is 11.5 Å². The first-order valence-electron chi connectivity index (χ1n) is 6.15. The van der Waals surface area contributed by atoms with Gasteiger partial charge in [0.25, 0.3) is 0 Å². The summed E-state index contributed by atoms with van der Waals surface area (Å²) in [7, 11) is 0. The fraction of sp³-hybridized carbons (Fsp3) is 0.833. The lowest BCUT2D eigenvalue weighted by Gasteiger charge is -2.42. The summed E-state index contributed by atoms with van der Waals surface area (Å²) in [6.45, 7) is 0. The smallest absolute Gasteiger partial charge is 0.305 e. The van der Waals surface area contributed by atoms with Crippen molar-refractivity contribution in [1.29, 1.82) is 0 Å². The van der Waals surface area contributed by atoms with Crippen molar-refractivity contribution in [2.24, 2.45) is 5.92 Å².